The standard InChI is InChI=1S/C16H21N5O2S2/c1-2-3-14-20-21-16(25-14)19-13(23)7-6-12(22)17-8-11-9-24-15(18-11)10-4-5-10/h9-10H,2-8H2,1H3,(H,17,22)(H,19,21,23). The molecule has 0 bridgehead atoms. The second kappa shape index (κ2) is 8.48. The monoisotopic (exact) mass is 379 g/mol. The molecular formula is C16H21N5O2S2. The average molecular weight is 380 g/mol. The van der Waals surface area contributed by atoms with Crippen molar-refractivity contribution in [2.24, 2.45) is 0 Å². The van der Waals surface area contributed by atoms with Crippen LogP contribution in [0.3, 0.4) is 0 Å². The lowest BCUT2D eigenvalue weighted by molar-refractivity contribution is -0.124. The number of hydrogen-bond donors (Lipinski definition) is 2. The SMILES string of the molecule is CCCc1nnc(NC(=O)CCC(=O)NCc2csc(C3CC3)n2)s1. The van der Waals surface area contributed by atoms with E-state index in [0.29, 0.717) is 17.6 Å². The van der Waals surface area contributed by atoms with E-state index in [1.807, 2.05) is 5.38 Å². The zero-order valence-electron chi connectivity index (χ0n) is 14.1. The van der Waals surface area contributed by atoms with E-state index in [4.69, 9.17) is 0 Å². The fraction of sp³-hybridized carbons (Fsp3) is 0.562. The first-order valence-electron chi connectivity index (χ1n) is 8.47. The molecule has 0 atom stereocenters. The highest BCUT2D eigenvalue weighted by molar-refractivity contribution is 7.15. The number of rotatable bonds is 9. The van der Waals surface area contributed by atoms with Crippen LogP contribution in [0.1, 0.15) is 60.7 Å². The van der Waals surface area contributed by atoms with Gasteiger partial charge in [-0.25, -0.2) is 4.98 Å². The molecule has 25 heavy (non-hydrogen) atoms. The van der Waals surface area contributed by atoms with Crippen molar-refractivity contribution in [3.05, 3.63) is 21.1 Å². The quantitative estimate of drug-likeness (QED) is 0.698. The fourth-order valence-electron chi connectivity index (χ4n) is 2.23. The summed E-state index contributed by atoms with van der Waals surface area (Å²) >= 11 is 3.03. The van der Waals surface area contributed by atoms with Gasteiger partial charge in [0.1, 0.15) is 5.01 Å². The number of nitrogens with zero attached hydrogens (tertiary/aromatic N) is 3. The summed E-state index contributed by atoms with van der Waals surface area (Å²) in [7, 11) is 0. The summed E-state index contributed by atoms with van der Waals surface area (Å²) in [6.45, 7) is 2.48. The molecule has 2 amide bonds. The largest absolute Gasteiger partial charge is 0.350 e. The number of aromatic nitrogens is 3. The minimum absolute atomic E-state index is 0.124. The summed E-state index contributed by atoms with van der Waals surface area (Å²) in [5.41, 5.74) is 0.891. The van der Waals surface area contributed by atoms with Gasteiger partial charge < -0.3 is 10.6 Å². The van der Waals surface area contributed by atoms with Crippen LogP contribution in [0.4, 0.5) is 5.13 Å². The van der Waals surface area contributed by atoms with Crippen LogP contribution in [0, 0.1) is 0 Å². The third-order valence-corrected chi connectivity index (χ3v) is 5.67. The van der Waals surface area contributed by atoms with Crippen molar-refractivity contribution >= 4 is 39.6 Å². The van der Waals surface area contributed by atoms with Crippen molar-refractivity contribution < 1.29 is 9.59 Å². The Balaban J connectivity index is 1.35. The molecule has 9 heteroatoms. The van der Waals surface area contributed by atoms with E-state index in [9.17, 15) is 9.59 Å². The molecule has 0 saturated heterocycles. The number of nitrogens with one attached hydrogen (secondary N) is 2. The van der Waals surface area contributed by atoms with Gasteiger partial charge in [0.05, 0.1) is 17.2 Å². The van der Waals surface area contributed by atoms with E-state index in [0.717, 1.165) is 23.5 Å². The summed E-state index contributed by atoms with van der Waals surface area (Å²) in [6.07, 6.45) is 4.57. The third kappa shape index (κ3) is 5.57. The lowest BCUT2D eigenvalue weighted by Gasteiger charge is -2.03. The van der Waals surface area contributed by atoms with Gasteiger partial charge in [0.25, 0.3) is 0 Å². The van der Waals surface area contributed by atoms with E-state index in [-0.39, 0.29) is 24.7 Å². The van der Waals surface area contributed by atoms with Gasteiger partial charge in [-0.3, -0.25) is 9.59 Å². The van der Waals surface area contributed by atoms with Crippen LogP contribution >= 0.6 is 22.7 Å². The third-order valence-electron chi connectivity index (χ3n) is 3.72. The van der Waals surface area contributed by atoms with E-state index in [2.05, 4.69) is 32.7 Å². The van der Waals surface area contributed by atoms with Gasteiger partial charge in [0, 0.05) is 30.6 Å². The van der Waals surface area contributed by atoms with Gasteiger partial charge in [0.15, 0.2) is 0 Å². The molecule has 0 unspecified atom stereocenters. The average Bonchev–Trinajstić information content (AvgIpc) is 3.18. The maximum Gasteiger partial charge on any atom is 0.226 e. The second-order valence-electron chi connectivity index (χ2n) is 6.03. The first-order chi connectivity index (χ1) is 12.1. The Morgan fingerprint density at radius 3 is 2.80 bits per heavy atom. The van der Waals surface area contributed by atoms with Gasteiger partial charge in [-0.15, -0.1) is 21.5 Å². The molecule has 2 heterocycles. The number of carbonyl (C=O) groups is 2. The van der Waals surface area contributed by atoms with Crippen molar-refractivity contribution in [2.75, 3.05) is 5.32 Å². The van der Waals surface area contributed by atoms with Crippen molar-refractivity contribution in [2.45, 2.75) is 57.9 Å². The molecule has 1 aliphatic rings. The summed E-state index contributed by atoms with van der Waals surface area (Å²) in [5, 5.41) is 18.0. The molecule has 0 aliphatic heterocycles. The molecule has 1 fully saturated rings. The molecule has 1 aliphatic carbocycles. The van der Waals surface area contributed by atoms with Gasteiger partial charge in [-0.2, -0.15) is 0 Å². The predicted octanol–water partition coefficient (Wildman–Crippen LogP) is 2.86. The highest BCUT2D eigenvalue weighted by Gasteiger charge is 2.26. The summed E-state index contributed by atoms with van der Waals surface area (Å²) in [4.78, 5) is 28.3. The fourth-order valence-corrected chi connectivity index (χ4v) is 4.08. The van der Waals surface area contributed by atoms with Crippen LogP contribution in [0.15, 0.2) is 5.38 Å². The van der Waals surface area contributed by atoms with Crippen LogP contribution < -0.4 is 10.6 Å². The van der Waals surface area contributed by atoms with Crippen LogP contribution in [0.2, 0.25) is 0 Å². The minimum Gasteiger partial charge on any atom is -0.350 e. The molecule has 7 nitrogen and oxygen atoms in total. The molecular weight excluding hydrogens is 358 g/mol. The Hall–Kier alpha value is -1.87. The lowest BCUT2D eigenvalue weighted by Crippen LogP contribution is -2.24. The number of thiazole rings is 1. The maximum atomic E-state index is 11.9. The normalized spacial score (nSPS) is 13.6. The van der Waals surface area contributed by atoms with E-state index in [1.165, 1.54) is 29.2 Å². The zero-order valence-corrected chi connectivity index (χ0v) is 15.7. The van der Waals surface area contributed by atoms with Crippen molar-refractivity contribution in [3.63, 3.8) is 0 Å². The summed E-state index contributed by atoms with van der Waals surface area (Å²) < 4.78 is 0. The Bertz CT molecular complexity index is 738. The number of anilines is 1. The number of hydrogen-bond acceptors (Lipinski definition) is 7. The number of carbonyl (C=O) groups excluding carboxylic acids is 2. The van der Waals surface area contributed by atoms with Crippen LogP contribution in [0.25, 0.3) is 0 Å². The van der Waals surface area contributed by atoms with Crippen molar-refractivity contribution in [3.8, 4) is 0 Å². The first kappa shape index (κ1) is 17.9. The molecule has 0 radical (unpaired) electrons. The highest BCUT2D eigenvalue weighted by Crippen LogP contribution is 2.41. The Morgan fingerprint density at radius 2 is 2.04 bits per heavy atom. The molecule has 134 valence electrons. The van der Waals surface area contributed by atoms with Crippen LogP contribution in [0.5, 0.6) is 0 Å². The van der Waals surface area contributed by atoms with Gasteiger partial charge in [-0.05, 0) is 19.3 Å². The summed E-state index contributed by atoms with van der Waals surface area (Å²) in [5.74, 6) is 0.260. The van der Waals surface area contributed by atoms with Gasteiger partial charge in [0.2, 0.25) is 16.9 Å². The van der Waals surface area contributed by atoms with Crippen LogP contribution in [-0.2, 0) is 22.6 Å². The molecule has 2 aromatic rings. The number of aryl methyl sites for hydroxylation is 1. The lowest BCUT2D eigenvalue weighted by atomic mass is 10.3. The molecule has 2 N–H and O–H groups in total. The van der Waals surface area contributed by atoms with Crippen LogP contribution in [-0.4, -0.2) is 27.0 Å². The Kier molecular flexibility index (Phi) is 6.09. The molecule has 1 saturated carbocycles. The van der Waals surface area contributed by atoms with E-state index in [1.54, 1.807) is 11.3 Å². The topological polar surface area (TPSA) is 96.9 Å². The smallest absolute Gasteiger partial charge is 0.226 e. The molecule has 3 rings (SSSR count). The maximum absolute atomic E-state index is 11.9. The zero-order chi connectivity index (χ0) is 17.6. The second-order valence-corrected chi connectivity index (χ2v) is 7.98. The molecule has 0 spiro atoms. The predicted molar refractivity (Wildman–Crippen MR) is 97.7 cm³/mol. The van der Waals surface area contributed by atoms with Crippen molar-refractivity contribution in [1.29, 1.82) is 0 Å². The Morgan fingerprint density at radius 1 is 1.24 bits per heavy atom. The minimum atomic E-state index is -0.223. The number of amides is 2. The first-order valence-corrected chi connectivity index (χ1v) is 10.2. The van der Waals surface area contributed by atoms with E-state index >= 15 is 0 Å². The highest BCUT2D eigenvalue weighted by atomic mass is 32.1. The molecule has 0 aromatic carbocycles. The summed E-state index contributed by atoms with van der Waals surface area (Å²) in [6, 6.07) is 0. The molecule has 2 aromatic heterocycles. The van der Waals surface area contributed by atoms with Gasteiger partial charge in [-0.1, -0.05) is 18.3 Å². The Labute approximate surface area is 154 Å². The van der Waals surface area contributed by atoms with Crippen molar-refractivity contribution in [1.82, 2.24) is 20.5 Å². The van der Waals surface area contributed by atoms with E-state index < -0.39 is 0 Å². The van der Waals surface area contributed by atoms with Gasteiger partial charge >= 0.3 is 0 Å².